The molecule has 0 aliphatic carbocycles. The van der Waals surface area contributed by atoms with E-state index in [2.05, 4.69) is 15.3 Å². The van der Waals surface area contributed by atoms with E-state index in [1.54, 1.807) is 13.2 Å². The highest BCUT2D eigenvalue weighted by Gasteiger charge is 2.26. The average Bonchev–Trinajstić information content (AvgIpc) is 3.03. The van der Waals surface area contributed by atoms with Gasteiger partial charge in [-0.15, -0.1) is 0 Å². The Morgan fingerprint density at radius 3 is 2.40 bits per heavy atom. The minimum atomic E-state index is -0.655. The van der Waals surface area contributed by atoms with Crippen LogP contribution < -0.4 is 11.0 Å². The Morgan fingerprint density at radius 1 is 1.07 bits per heavy atom. The lowest BCUT2D eigenvalue weighted by atomic mass is 10.1. The first-order chi connectivity index (χ1) is 14.6. The summed E-state index contributed by atoms with van der Waals surface area (Å²) in [4.78, 5) is 35.2. The minimum absolute atomic E-state index is 0.232. The molecule has 0 saturated carbocycles. The standard InChI is InChI=1S/C23H23N5O2/c1-3-10-18(22(29)25-17-13-8-5-9-14-17)28-19-15-24-20(16-11-6-4-7-12-16)26-21(19)27(2)23(28)30/h4-9,11-15,18H,3,10H2,1-2H3,(H,25,29). The first-order valence-corrected chi connectivity index (χ1v) is 9.95. The highest BCUT2D eigenvalue weighted by atomic mass is 16.2. The molecule has 0 fully saturated rings. The van der Waals surface area contributed by atoms with Crippen LogP contribution in [0, 0.1) is 0 Å². The Kier molecular flexibility index (Phi) is 5.43. The largest absolute Gasteiger partial charge is 0.330 e. The van der Waals surface area contributed by atoms with E-state index in [1.165, 1.54) is 9.13 Å². The van der Waals surface area contributed by atoms with Crippen molar-refractivity contribution in [3.8, 4) is 11.4 Å². The molecule has 0 saturated heterocycles. The molecule has 2 heterocycles. The van der Waals surface area contributed by atoms with Crippen LogP contribution in [0.2, 0.25) is 0 Å². The second-order valence-corrected chi connectivity index (χ2v) is 7.14. The van der Waals surface area contributed by atoms with Gasteiger partial charge in [-0.1, -0.05) is 61.9 Å². The number of aryl methyl sites for hydroxylation is 1. The fourth-order valence-corrected chi connectivity index (χ4v) is 3.56. The van der Waals surface area contributed by atoms with E-state index in [1.807, 2.05) is 67.6 Å². The normalized spacial score (nSPS) is 12.1. The van der Waals surface area contributed by atoms with Gasteiger partial charge >= 0.3 is 5.69 Å². The van der Waals surface area contributed by atoms with Crippen molar-refractivity contribution < 1.29 is 4.79 Å². The molecule has 4 rings (SSSR count). The second-order valence-electron chi connectivity index (χ2n) is 7.14. The molecule has 7 nitrogen and oxygen atoms in total. The van der Waals surface area contributed by atoms with Gasteiger partial charge in [-0.05, 0) is 18.6 Å². The SMILES string of the molecule is CCCC(C(=O)Nc1ccccc1)n1c(=O)n(C)c2nc(-c3ccccc3)ncc21. The van der Waals surface area contributed by atoms with E-state index in [0.717, 1.165) is 12.0 Å². The van der Waals surface area contributed by atoms with Crippen LogP contribution in [0.15, 0.2) is 71.7 Å². The van der Waals surface area contributed by atoms with Crippen molar-refractivity contribution in [1.82, 2.24) is 19.1 Å². The zero-order chi connectivity index (χ0) is 21.1. The Morgan fingerprint density at radius 2 is 1.73 bits per heavy atom. The zero-order valence-electron chi connectivity index (χ0n) is 16.9. The smallest absolute Gasteiger partial charge is 0.324 e. The summed E-state index contributed by atoms with van der Waals surface area (Å²) in [5, 5.41) is 2.91. The van der Waals surface area contributed by atoms with Gasteiger partial charge in [0, 0.05) is 18.3 Å². The number of nitrogens with one attached hydrogen (secondary N) is 1. The summed E-state index contributed by atoms with van der Waals surface area (Å²) in [6.45, 7) is 1.99. The molecule has 1 atom stereocenters. The molecule has 1 N–H and O–H groups in total. The van der Waals surface area contributed by atoms with Crippen molar-refractivity contribution in [2.45, 2.75) is 25.8 Å². The number of benzene rings is 2. The molecule has 2 aromatic heterocycles. The van der Waals surface area contributed by atoms with E-state index in [-0.39, 0.29) is 11.6 Å². The Hall–Kier alpha value is -3.74. The summed E-state index contributed by atoms with van der Waals surface area (Å²) in [5.74, 6) is 0.307. The molecule has 2 aromatic carbocycles. The van der Waals surface area contributed by atoms with Gasteiger partial charge in [0.25, 0.3) is 0 Å². The van der Waals surface area contributed by atoms with E-state index >= 15 is 0 Å². The monoisotopic (exact) mass is 401 g/mol. The molecule has 4 aromatic rings. The van der Waals surface area contributed by atoms with Crippen molar-refractivity contribution in [3.05, 3.63) is 77.3 Å². The quantitative estimate of drug-likeness (QED) is 0.533. The maximum atomic E-state index is 13.1. The van der Waals surface area contributed by atoms with Crippen LogP contribution in [-0.4, -0.2) is 25.0 Å². The number of rotatable bonds is 6. The number of imidazole rings is 1. The number of para-hydroxylation sites is 1. The number of hydrogen-bond acceptors (Lipinski definition) is 4. The van der Waals surface area contributed by atoms with Crippen LogP contribution in [0.1, 0.15) is 25.8 Å². The number of aromatic nitrogens is 4. The topological polar surface area (TPSA) is 81.8 Å². The van der Waals surface area contributed by atoms with Crippen LogP contribution in [-0.2, 0) is 11.8 Å². The maximum absolute atomic E-state index is 13.1. The molecule has 0 bridgehead atoms. The maximum Gasteiger partial charge on any atom is 0.330 e. The van der Waals surface area contributed by atoms with Crippen LogP contribution in [0.3, 0.4) is 0 Å². The minimum Gasteiger partial charge on any atom is -0.324 e. The van der Waals surface area contributed by atoms with Gasteiger partial charge in [0.15, 0.2) is 11.5 Å². The highest BCUT2D eigenvalue weighted by Crippen LogP contribution is 2.23. The van der Waals surface area contributed by atoms with Crippen molar-refractivity contribution in [1.29, 1.82) is 0 Å². The molecule has 152 valence electrons. The van der Waals surface area contributed by atoms with Gasteiger partial charge in [-0.25, -0.2) is 14.8 Å². The summed E-state index contributed by atoms with van der Waals surface area (Å²) in [6.07, 6.45) is 2.90. The summed E-state index contributed by atoms with van der Waals surface area (Å²) >= 11 is 0. The predicted octanol–water partition coefficient (Wildman–Crippen LogP) is 3.78. The molecular formula is C23H23N5O2. The molecule has 0 spiro atoms. The van der Waals surface area contributed by atoms with Gasteiger partial charge in [-0.2, -0.15) is 0 Å². The third-order valence-electron chi connectivity index (χ3n) is 5.07. The fourth-order valence-electron chi connectivity index (χ4n) is 3.56. The molecule has 30 heavy (non-hydrogen) atoms. The average molecular weight is 401 g/mol. The van der Waals surface area contributed by atoms with Gasteiger partial charge in [0.05, 0.1) is 6.20 Å². The number of fused-ring (bicyclic) bond motifs is 1. The summed E-state index contributed by atoms with van der Waals surface area (Å²) in [6, 6.07) is 18.2. The molecule has 0 aliphatic heterocycles. The van der Waals surface area contributed by atoms with Gasteiger partial charge in [0.2, 0.25) is 5.91 Å². The van der Waals surface area contributed by atoms with E-state index in [4.69, 9.17) is 0 Å². The lowest BCUT2D eigenvalue weighted by Gasteiger charge is -2.17. The van der Waals surface area contributed by atoms with Crippen molar-refractivity contribution in [3.63, 3.8) is 0 Å². The van der Waals surface area contributed by atoms with Crippen molar-refractivity contribution >= 4 is 22.8 Å². The lowest BCUT2D eigenvalue weighted by Crippen LogP contribution is -2.33. The van der Waals surface area contributed by atoms with Crippen LogP contribution in [0.25, 0.3) is 22.6 Å². The van der Waals surface area contributed by atoms with Crippen molar-refractivity contribution in [2.75, 3.05) is 5.32 Å². The number of anilines is 1. The number of amides is 1. The molecule has 7 heteroatoms. The van der Waals surface area contributed by atoms with Crippen molar-refractivity contribution in [2.24, 2.45) is 7.05 Å². The second kappa shape index (κ2) is 8.32. The fraction of sp³-hybridized carbons (Fsp3) is 0.217. The summed E-state index contributed by atoms with van der Waals surface area (Å²) < 4.78 is 2.98. The van der Waals surface area contributed by atoms with E-state index in [0.29, 0.717) is 29.1 Å². The van der Waals surface area contributed by atoms with Crippen LogP contribution in [0.4, 0.5) is 5.69 Å². The Labute approximate surface area is 174 Å². The van der Waals surface area contributed by atoms with E-state index in [9.17, 15) is 9.59 Å². The highest BCUT2D eigenvalue weighted by molar-refractivity contribution is 5.94. The number of carbonyl (C=O) groups excluding carboxylic acids is 1. The third kappa shape index (κ3) is 3.61. The molecule has 0 radical (unpaired) electrons. The number of nitrogens with zero attached hydrogens (tertiary/aromatic N) is 4. The molecule has 0 aliphatic rings. The first-order valence-electron chi connectivity index (χ1n) is 9.95. The Bertz CT molecular complexity index is 1230. The zero-order valence-corrected chi connectivity index (χ0v) is 16.9. The predicted molar refractivity (Wildman–Crippen MR) is 117 cm³/mol. The van der Waals surface area contributed by atoms with Gasteiger partial charge in [0.1, 0.15) is 11.6 Å². The summed E-state index contributed by atoms with van der Waals surface area (Å²) in [7, 11) is 1.67. The Balaban J connectivity index is 1.78. The van der Waals surface area contributed by atoms with Crippen LogP contribution in [0.5, 0.6) is 0 Å². The lowest BCUT2D eigenvalue weighted by molar-refractivity contribution is -0.119. The van der Waals surface area contributed by atoms with Crippen LogP contribution >= 0.6 is 0 Å². The molecule has 1 unspecified atom stereocenters. The molecule has 1 amide bonds. The number of carbonyl (C=O) groups is 1. The third-order valence-corrected chi connectivity index (χ3v) is 5.07. The van der Waals surface area contributed by atoms with Gasteiger partial charge < -0.3 is 5.32 Å². The molecular weight excluding hydrogens is 378 g/mol. The summed E-state index contributed by atoms with van der Waals surface area (Å²) in [5.41, 5.74) is 2.32. The first kappa shape index (κ1) is 19.6. The number of hydrogen-bond donors (Lipinski definition) is 1. The van der Waals surface area contributed by atoms with Gasteiger partial charge in [-0.3, -0.25) is 13.9 Å². The van der Waals surface area contributed by atoms with E-state index < -0.39 is 6.04 Å².